The van der Waals surface area contributed by atoms with Crippen LogP contribution in [0.15, 0.2) is 17.2 Å². The Hall–Kier alpha value is -1.38. The number of aliphatic hydroxyl groups is 1. The molecule has 1 aliphatic rings. The largest absolute Gasteiger partial charge is 0.477 e. The second-order valence-electron chi connectivity index (χ2n) is 5.15. The van der Waals surface area contributed by atoms with Gasteiger partial charge in [-0.15, -0.1) is 0 Å². The normalized spacial score (nSPS) is 20.0. The van der Waals surface area contributed by atoms with Gasteiger partial charge in [0.1, 0.15) is 10.6 Å². The molecule has 1 atom stereocenters. The molecule has 2 N–H and O–H groups in total. The van der Waals surface area contributed by atoms with E-state index in [1.807, 2.05) is 6.92 Å². The summed E-state index contributed by atoms with van der Waals surface area (Å²) in [6, 6.07) is 0.776. The van der Waals surface area contributed by atoms with Crippen molar-refractivity contribution in [2.45, 2.75) is 43.7 Å². The Bertz CT molecular complexity index is 623. The van der Waals surface area contributed by atoms with E-state index in [-0.39, 0.29) is 17.2 Å². The second kappa shape index (κ2) is 6.17. The van der Waals surface area contributed by atoms with Gasteiger partial charge < -0.3 is 14.8 Å². The predicted octanol–water partition coefficient (Wildman–Crippen LogP) is 0.742. The molecule has 0 aliphatic carbocycles. The van der Waals surface area contributed by atoms with Gasteiger partial charge in [0.05, 0.1) is 6.61 Å². The zero-order chi connectivity index (χ0) is 15.6. The fourth-order valence-electron chi connectivity index (χ4n) is 2.67. The van der Waals surface area contributed by atoms with Crippen molar-refractivity contribution in [1.82, 2.24) is 8.87 Å². The number of sulfonamides is 1. The van der Waals surface area contributed by atoms with Gasteiger partial charge in [0.15, 0.2) is 0 Å². The predicted molar refractivity (Wildman–Crippen MR) is 75.7 cm³/mol. The molecule has 1 fully saturated rings. The molecule has 0 amide bonds. The Kier molecular flexibility index (Phi) is 4.70. The third kappa shape index (κ3) is 2.97. The number of rotatable bonds is 6. The molecule has 0 radical (unpaired) electrons. The molecule has 0 bridgehead atoms. The topological polar surface area (TPSA) is 99.8 Å². The number of hydrogen-bond acceptors (Lipinski definition) is 4. The van der Waals surface area contributed by atoms with E-state index in [1.165, 1.54) is 21.1 Å². The maximum absolute atomic E-state index is 12.6. The number of aromatic carboxylic acids is 1. The highest BCUT2D eigenvalue weighted by Crippen LogP contribution is 2.27. The Morgan fingerprint density at radius 3 is 2.76 bits per heavy atom. The zero-order valence-corrected chi connectivity index (χ0v) is 12.7. The Balaban J connectivity index is 2.40. The van der Waals surface area contributed by atoms with Crippen LogP contribution in [0.4, 0.5) is 0 Å². The minimum absolute atomic E-state index is 0.0197. The monoisotopic (exact) mass is 316 g/mol. The first-order chi connectivity index (χ1) is 9.91. The Morgan fingerprint density at radius 1 is 1.48 bits per heavy atom. The molecule has 2 rings (SSSR count). The summed E-state index contributed by atoms with van der Waals surface area (Å²) >= 11 is 0. The first-order valence-corrected chi connectivity index (χ1v) is 8.42. The van der Waals surface area contributed by atoms with Crippen molar-refractivity contribution in [3.63, 3.8) is 0 Å². The first kappa shape index (κ1) is 16.0. The lowest BCUT2D eigenvalue weighted by Gasteiger charge is -2.21. The summed E-state index contributed by atoms with van der Waals surface area (Å²) < 4.78 is 27.9. The van der Waals surface area contributed by atoms with E-state index in [1.54, 1.807) is 0 Å². The van der Waals surface area contributed by atoms with Gasteiger partial charge in [-0.1, -0.05) is 6.92 Å². The quantitative estimate of drug-likeness (QED) is 0.806. The van der Waals surface area contributed by atoms with Crippen LogP contribution in [0.5, 0.6) is 0 Å². The minimum atomic E-state index is -3.76. The van der Waals surface area contributed by atoms with Gasteiger partial charge in [0.25, 0.3) is 0 Å². The molecule has 21 heavy (non-hydrogen) atoms. The SMILES string of the molecule is CCCn1cc(S(=O)(=O)N2CCC[C@H]2CO)cc1C(=O)O. The minimum Gasteiger partial charge on any atom is -0.477 e. The van der Waals surface area contributed by atoms with Crippen molar-refractivity contribution >= 4 is 16.0 Å². The van der Waals surface area contributed by atoms with Crippen molar-refractivity contribution in [1.29, 1.82) is 0 Å². The molecule has 0 saturated carbocycles. The number of carbonyl (C=O) groups is 1. The lowest BCUT2D eigenvalue weighted by molar-refractivity contribution is 0.0685. The van der Waals surface area contributed by atoms with Crippen LogP contribution in [0, 0.1) is 0 Å². The van der Waals surface area contributed by atoms with Crippen LogP contribution in [-0.2, 0) is 16.6 Å². The van der Waals surface area contributed by atoms with Gasteiger partial charge in [0.2, 0.25) is 10.0 Å². The van der Waals surface area contributed by atoms with Crippen LogP contribution in [-0.4, -0.2) is 52.7 Å². The third-order valence-corrected chi connectivity index (χ3v) is 5.61. The van der Waals surface area contributed by atoms with E-state index in [4.69, 9.17) is 5.11 Å². The van der Waals surface area contributed by atoms with Crippen LogP contribution in [0.1, 0.15) is 36.7 Å². The van der Waals surface area contributed by atoms with E-state index < -0.39 is 22.0 Å². The lowest BCUT2D eigenvalue weighted by atomic mass is 10.2. The van der Waals surface area contributed by atoms with Crippen molar-refractivity contribution in [2.24, 2.45) is 0 Å². The van der Waals surface area contributed by atoms with Crippen LogP contribution < -0.4 is 0 Å². The van der Waals surface area contributed by atoms with E-state index in [2.05, 4.69) is 0 Å². The average molecular weight is 316 g/mol. The smallest absolute Gasteiger partial charge is 0.352 e. The third-order valence-electron chi connectivity index (χ3n) is 3.70. The number of aliphatic hydroxyl groups excluding tert-OH is 1. The van der Waals surface area contributed by atoms with Crippen molar-refractivity contribution in [2.75, 3.05) is 13.2 Å². The van der Waals surface area contributed by atoms with Crippen molar-refractivity contribution in [3.05, 3.63) is 18.0 Å². The molecule has 0 spiro atoms. The van der Waals surface area contributed by atoms with E-state index in [0.29, 0.717) is 32.4 Å². The standard InChI is InChI=1S/C13H20N2O5S/c1-2-5-14-8-11(7-12(14)13(17)18)21(19,20)15-6-3-4-10(15)9-16/h7-8,10,16H,2-6,9H2,1H3,(H,17,18)/t10-/m0/s1. The molecular weight excluding hydrogens is 296 g/mol. The van der Waals surface area contributed by atoms with Crippen LogP contribution >= 0.6 is 0 Å². The Labute approximate surface area is 123 Å². The fourth-order valence-corrected chi connectivity index (χ4v) is 4.40. The summed E-state index contributed by atoms with van der Waals surface area (Å²) in [6.07, 6.45) is 3.40. The maximum Gasteiger partial charge on any atom is 0.352 e. The lowest BCUT2D eigenvalue weighted by Crippen LogP contribution is -2.37. The second-order valence-corrected chi connectivity index (χ2v) is 7.04. The van der Waals surface area contributed by atoms with Crippen LogP contribution in [0.25, 0.3) is 0 Å². The number of hydrogen-bond donors (Lipinski definition) is 2. The number of nitrogens with zero attached hydrogens (tertiary/aromatic N) is 2. The van der Waals surface area contributed by atoms with Crippen molar-refractivity contribution < 1.29 is 23.4 Å². The molecule has 7 nitrogen and oxygen atoms in total. The highest BCUT2D eigenvalue weighted by molar-refractivity contribution is 7.89. The average Bonchev–Trinajstić information content (AvgIpc) is 3.05. The van der Waals surface area contributed by atoms with E-state index in [0.717, 1.165) is 0 Å². The van der Waals surface area contributed by atoms with Gasteiger partial charge in [-0.05, 0) is 25.3 Å². The zero-order valence-electron chi connectivity index (χ0n) is 11.9. The Morgan fingerprint density at radius 2 is 2.19 bits per heavy atom. The molecule has 118 valence electrons. The molecule has 1 saturated heterocycles. The van der Waals surface area contributed by atoms with Crippen LogP contribution in [0.2, 0.25) is 0 Å². The van der Waals surface area contributed by atoms with Gasteiger partial charge >= 0.3 is 5.97 Å². The van der Waals surface area contributed by atoms with Gasteiger partial charge in [-0.2, -0.15) is 4.31 Å². The summed E-state index contributed by atoms with van der Waals surface area (Å²) in [5.41, 5.74) is -0.0322. The number of carboxylic acids is 1. The molecule has 1 aromatic heterocycles. The van der Waals surface area contributed by atoms with Gasteiger partial charge in [-0.3, -0.25) is 0 Å². The molecule has 0 aromatic carbocycles. The van der Waals surface area contributed by atoms with Crippen molar-refractivity contribution in [3.8, 4) is 0 Å². The number of aromatic nitrogens is 1. The summed E-state index contributed by atoms with van der Waals surface area (Å²) in [7, 11) is -3.76. The highest BCUT2D eigenvalue weighted by atomic mass is 32.2. The molecular formula is C13H20N2O5S. The summed E-state index contributed by atoms with van der Waals surface area (Å²) in [6.45, 7) is 2.47. The summed E-state index contributed by atoms with van der Waals surface area (Å²) in [4.78, 5) is 11.2. The number of aryl methyl sites for hydroxylation is 1. The molecule has 2 heterocycles. The fraction of sp³-hybridized carbons (Fsp3) is 0.615. The maximum atomic E-state index is 12.6. The summed E-state index contributed by atoms with van der Waals surface area (Å²) in [5, 5.41) is 18.4. The van der Waals surface area contributed by atoms with E-state index in [9.17, 15) is 18.3 Å². The first-order valence-electron chi connectivity index (χ1n) is 6.98. The summed E-state index contributed by atoms with van der Waals surface area (Å²) in [5.74, 6) is -1.15. The van der Waals surface area contributed by atoms with Gasteiger partial charge in [0, 0.05) is 25.3 Å². The van der Waals surface area contributed by atoms with Crippen LogP contribution in [0.3, 0.4) is 0 Å². The van der Waals surface area contributed by atoms with E-state index >= 15 is 0 Å². The number of carboxylic acid groups (broad SMARTS) is 1. The highest BCUT2D eigenvalue weighted by Gasteiger charge is 2.36. The molecule has 0 unspecified atom stereocenters. The van der Waals surface area contributed by atoms with Gasteiger partial charge in [-0.25, -0.2) is 13.2 Å². The molecule has 1 aromatic rings. The molecule has 8 heteroatoms. The molecule has 1 aliphatic heterocycles.